The summed E-state index contributed by atoms with van der Waals surface area (Å²) >= 11 is 0. The third kappa shape index (κ3) is 4.08. The largest absolute Gasteiger partial charge is 0.390 e. The second-order valence-electron chi connectivity index (χ2n) is 7.30. The van der Waals surface area contributed by atoms with Gasteiger partial charge in [0.15, 0.2) is 0 Å². The molecule has 1 fully saturated rings. The number of aliphatic hydroxyl groups is 1. The van der Waals surface area contributed by atoms with Crippen LogP contribution in [0.25, 0.3) is 0 Å². The summed E-state index contributed by atoms with van der Waals surface area (Å²) in [4.78, 5) is 0. The highest BCUT2D eigenvalue weighted by molar-refractivity contribution is 4.89. The lowest BCUT2D eigenvalue weighted by Gasteiger charge is -2.41. The molecule has 1 N–H and O–H groups in total. The predicted molar refractivity (Wildman–Crippen MR) is 70.4 cm³/mol. The first-order valence-corrected chi connectivity index (χ1v) is 6.95. The first-order valence-electron chi connectivity index (χ1n) is 6.95. The van der Waals surface area contributed by atoms with Crippen molar-refractivity contribution in [2.45, 2.75) is 78.7 Å². The van der Waals surface area contributed by atoms with E-state index in [1.807, 2.05) is 0 Å². The van der Waals surface area contributed by atoms with Gasteiger partial charge >= 0.3 is 0 Å². The molecule has 0 spiro atoms. The Morgan fingerprint density at radius 3 is 2.06 bits per heavy atom. The summed E-state index contributed by atoms with van der Waals surface area (Å²) in [7, 11) is 0. The second kappa shape index (κ2) is 5.08. The van der Waals surface area contributed by atoms with E-state index in [0.717, 1.165) is 31.6 Å². The van der Waals surface area contributed by atoms with Crippen LogP contribution in [0.5, 0.6) is 0 Å². The summed E-state index contributed by atoms with van der Waals surface area (Å²) in [6.45, 7) is 11.5. The number of rotatable bonds is 3. The zero-order valence-corrected chi connectivity index (χ0v) is 11.8. The van der Waals surface area contributed by atoms with Gasteiger partial charge in [0.25, 0.3) is 0 Å². The Kier molecular flexibility index (Phi) is 4.45. The maximum Gasteiger partial charge on any atom is 0.0648 e. The average molecular weight is 226 g/mol. The molecule has 96 valence electrons. The zero-order valence-electron chi connectivity index (χ0n) is 11.8. The van der Waals surface area contributed by atoms with E-state index < -0.39 is 0 Å². The van der Waals surface area contributed by atoms with Crippen LogP contribution in [-0.2, 0) is 0 Å². The van der Waals surface area contributed by atoms with Crippen molar-refractivity contribution in [2.24, 2.45) is 17.3 Å². The van der Waals surface area contributed by atoms with Crippen molar-refractivity contribution in [3.05, 3.63) is 0 Å². The van der Waals surface area contributed by atoms with Crippen LogP contribution in [0.4, 0.5) is 0 Å². The molecule has 0 bridgehead atoms. The topological polar surface area (TPSA) is 20.2 Å². The Balaban J connectivity index is 2.41. The van der Waals surface area contributed by atoms with E-state index in [-0.39, 0.29) is 5.60 Å². The molecule has 1 heteroatoms. The highest BCUT2D eigenvalue weighted by atomic mass is 16.3. The lowest BCUT2D eigenvalue weighted by molar-refractivity contribution is -0.0345. The molecule has 0 atom stereocenters. The first-order chi connectivity index (χ1) is 7.23. The highest BCUT2D eigenvalue weighted by Gasteiger charge is 2.36. The minimum atomic E-state index is -0.341. The van der Waals surface area contributed by atoms with E-state index in [9.17, 15) is 5.11 Å². The van der Waals surface area contributed by atoms with Crippen LogP contribution >= 0.6 is 0 Å². The fourth-order valence-corrected chi connectivity index (χ4v) is 2.83. The number of hydrogen-bond donors (Lipinski definition) is 1. The third-order valence-corrected chi connectivity index (χ3v) is 4.33. The van der Waals surface area contributed by atoms with Crippen LogP contribution in [0.3, 0.4) is 0 Å². The molecule has 0 aromatic carbocycles. The lowest BCUT2D eigenvalue weighted by Crippen LogP contribution is -2.37. The Morgan fingerprint density at radius 2 is 1.69 bits per heavy atom. The van der Waals surface area contributed by atoms with Crippen LogP contribution in [0.2, 0.25) is 0 Å². The summed E-state index contributed by atoms with van der Waals surface area (Å²) in [5.74, 6) is 1.51. The van der Waals surface area contributed by atoms with Gasteiger partial charge in [-0.2, -0.15) is 0 Å². The van der Waals surface area contributed by atoms with E-state index in [4.69, 9.17) is 0 Å². The van der Waals surface area contributed by atoms with Gasteiger partial charge < -0.3 is 5.11 Å². The monoisotopic (exact) mass is 226 g/mol. The van der Waals surface area contributed by atoms with Crippen molar-refractivity contribution in [3.8, 4) is 0 Å². The Labute approximate surface area is 102 Å². The van der Waals surface area contributed by atoms with Gasteiger partial charge in [-0.05, 0) is 55.8 Å². The Hall–Kier alpha value is -0.0400. The van der Waals surface area contributed by atoms with Crippen LogP contribution < -0.4 is 0 Å². The molecule has 1 saturated carbocycles. The van der Waals surface area contributed by atoms with Crippen LogP contribution in [0, 0.1) is 17.3 Å². The molecule has 0 aromatic rings. The van der Waals surface area contributed by atoms with Crippen LogP contribution in [0.1, 0.15) is 73.1 Å². The molecule has 0 aromatic heterocycles. The van der Waals surface area contributed by atoms with Crippen molar-refractivity contribution in [1.82, 2.24) is 0 Å². The molecule has 0 unspecified atom stereocenters. The van der Waals surface area contributed by atoms with Gasteiger partial charge in [0.05, 0.1) is 5.60 Å². The minimum Gasteiger partial charge on any atom is -0.390 e. The van der Waals surface area contributed by atoms with E-state index in [2.05, 4.69) is 34.6 Å². The minimum absolute atomic E-state index is 0.341. The van der Waals surface area contributed by atoms with Gasteiger partial charge in [0.2, 0.25) is 0 Å². The Bertz CT molecular complexity index is 204. The summed E-state index contributed by atoms with van der Waals surface area (Å²) in [5.41, 5.74) is 0.0748. The highest BCUT2D eigenvalue weighted by Crippen LogP contribution is 2.43. The van der Waals surface area contributed by atoms with Gasteiger partial charge in [-0.1, -0.05) is 34.6 Å². The maximum atomic E-state index is 10.5. The van der Waals surface area contributed by atoms with Gasteiger partial charge in [-0.15, -0.1) is 0 Å². The zero-order chi connectivity index (χ0) is 12.4. The molecule has 0 aliphatic heterocycles. The first kappa shape index (κ1) is 14.0. The van der Waals surface area contributed by atoms with Gasteiger partial charge in [0, 0.05) is 0 Å². The molecule has 0 heterocycles. The molecule has 0 radical (unpaired) electrons. The molecule has 1 nitrogen and oxygen atoms in total. The molecule has 0 saturated heterocycles. The fourth-order valence-electron chi connectivity index (χ4n) is 2.83. The average Bonchev–Trinajstić information content (AvgIpc) is 2.14. The second-order valence-corrected chi connectivity index (χ2v) is 7.30. The summed E-state index contributed by atoms with van der Waals surface area (Å²) in [6.07, 6.45) is 6.61. The molecule has 1 aliphatic rings. The maximum absolute atomic E-state index is 10.5. The summed E-state index contributed by atoms with van der Waals surface area (Å²) in [5, 5.41) is 10.5. The smallest absolute Gasteiger partial charge is 0.0648 e. The molecule has 0 amide bonds. The standard InChI is InChI=1S/C15H30O/c1-12(2)6-9-15(16)10-7-13(8-11-15)14(3,4)5/h12-13,16H,6-11H2,1-5H3. The van der Waals surface area contributed by atoms with Crippen molar-refractivity contribution < 1.29 is 5.11 Å². The molecular formula is C15H30O. The molecule has 1 rings (SSSR count). The van der Waals surface area contributed by atoms with E-state index in [1.54, 1.807) is 0 Å². The van der Waals surface area contributed by atoms with Crippen molar-refractivity contribution in [3.63, 3.8) is 0 Å². The van der Waals surface area contributed by atoms with E-state index in [0.29, 0.717) is 11.3 Å². The SMILES string of the molecule is CC(C)CCC1(O)CCC(C(C)(C)C)CC1. The predicted octanol–water partition coefficient (Wildman–Crippen LogP) is 4.39. The van der Waals surface area contributed by atoms with Crippen LogP contribution in [-0.4, -0.2) is 10.7 Å². The molecule has 16 heavy (non-hydrogen) atoms. The lowest BCUT2D eigenvalue weighted by atomic mass is 9.67. The van der Waals surface area contributed by atoms with Gasteiger partial charge in [0.1, 0.15) is 0 Å². The Morgan fingerprint density at radius 1 is 1.19 bits per heavy atom. The number of hydrogen-bond acceptors (Lipinski definition) is 1. The van der Waals surface area contributed by atoms with Crippen molar-refractivity contribution in [2.75, 3.05) is 0 Å². The fraction of sp³-hybridized carbons (Fsp3) is 1.00. The summed E-state index contributed by atoms with van der Waals surface area (Å²) < 4.78 is 0. The van der Waals surface area contributed by atoms with Gasteiger partial charge in [-0.25, -0.2) is 0 Å². The normalized spacial score (nSPS) is 32.1. The molecule has 1 aliphatic carbocycles. The van der Waals surface area contributed by atoms with E-state index >= 15 is 0 Å². The molecular weight excluding hydrogens is 196 g/mol. The summed E-state index contributed by atoms with van der Waals surface area (Å²) in [6, 6.07) is 0. The van der Waals surface area contributed by atoms with Crippen molar-refractivity contribution in [1.29, 1.82) is 0 Å². The third-order valence-electron chi connectivity index (χ3n) is 4.33. The quantitative estimate of drug-likeness (QED) is 0.756. The van der Waals surface area contributed by atoms with Crippen LogP contribution in [0.15, 0.2) is 0 Å². The van der Waals surface area contributed by atoms with E-state index in [1.165, 1.54) is 12.8 Å². The van der Waals surface area contributed by atoms with Crippen molar-refractivity contribution >= 4 is 0 Å². The van der Waals surface area contributed by atoms with Gasteiger partial charge in [-0.3, -0.25) is 0 Å².